The molecule has 0 unspecified atom stereocenters. The topological polar surface area (TPSA) is 63.5 Å². The summed E-state index contributed by atoms with van der Waals surface area (Å²) in [7, 11) is 1.82. The Hall–Kier alpha value is -2.13. The van der Waals surface area contributed by atoms with Crippen molar-refractivity contribution in [2.24, 2.45) is 4.99 Å². The van der Waals surface area contributed by atoms with Gasteiger partial charge in [-0.05, 0) is 50.3 Å². The molecule has 2 aromatic carbocycles. The maximum absolute atomic E-state index is 5.74. The van der Waals surface area contributed by atoms with Crippen LogP contribution in [0.4, 0.5) is 0 Å². The lowest BCUT2D eigenvalue weighted by Crippen LogP contribution is -2.38. The van der Waals surface area contributed by atoms with Crippen LogP contribution in [0.5, 0.6) is 0 Å². The summed E-state index contributed by atoms with van der Waals surface area (Å²) in [5.74, 6) is 1.92. The van der Waals surface area contributed by atoms with Crippen molar-refractivity contribution in [3.05, 3.63) is 66.0 Å². The molecule has 0 atom stereocenters. The van der Waals surface area contributed by atoms with Crippen LogP contribution >= 0.6 is 24.0 Å². The Morgan fingerprint density at radius 2 is 1.66 bits per heavy atom. The second-order valence-electron chi connectivity index (χ2n) is 7.63. The third kappa shape index (κ3) is 8.43. The van der Waals surface area contributed by atoms with E-state index >= 15 is 0 Å². The predicted octanol–water partition coefficient (Wildman–Crippen LogP) is 4.56. The highest BCUT2D eigenvalue weighted by Crippen LogP contribution is 2.15. The second-order valence-corrected chi connectivity index (χ2v) is 7.63. The third-order valence-corrected chi connectivity index (χ3v) is 5.31. The van der Waals surface area contributed by atoms with Gasteiger partial charge in [0.2, 0.25) is 0 Å². The van der Waals surface area contributed by atoms with Gasteiger partial charge in [0.25, 0.3) is 0 Å². The average Bonchev–Trinajstić information content (AvgIpc) is 3.12. The van der Waals surface area contributed by atoms with Crippen LogP contribution in [0.3, 0.4) is 0 Å². The van der Waals surface area contributed by atoms with Crippen molar-refractivity contribution in [1.29, 1.82) is 0 Å². The number of aromatic nitrogens is 2. The molecule has 32 heavy (non-hydrogen) atoms. The minimum atomic E-state index is 0. The Labute approximate surface area is 208 Å². The summed E-state index contributed by atoms with van der Waals surface area (Å²) in [6.07, 6.45) is 4.10. The molecule has 1 heterocycles. The van der Waals surface area contributed by atoms with E-state index in [1.807, 2.05) is 19.2 Å². The molecule has 0 aliphatic heterocycles. The number of rotatable bonds is 12. The molecule has 0 aliphatic rings. The van der Waals surface area contributed by atoms with Crippen LogP contribution < -0.4 is 10.6 Å². The minimum absolute atomic E-state index is 0. The molecule has 0 bridgehead atoms. The third-order valence-electron chi connectivity index (χ3n) is 5.31. The molecule has 0 fully saturated rings. The molecule has 0 saturated heterocycles. The van der Waals surface area contributed by atoms with Crippen molar-refractivity contribution in [1.82, 2.24) is 20.2 Å². The first-order valence-corrected chi connectivity index (χ1v) is 11.3. The number of nitrogens with one attached hydrogen (secondary N) is 2. The first kappa shape index (κ1) is 26.1. The summed E-state index contributed by atoms with van der Waals surface area (Å²) >= 11 is 0. The monoisotopic (exact) mass is 549 g/mol. The summed E-state index contributed by atoms with van der Waals surface area (Å²) < 4.78 is 8.03. The van der Waals surface area contributed by atoms with Gasteiger partial charge in [-0.15, -0.1) is 24.0 Å². The minimum Gasteiger partial charge on any atom is -0.381 e. The predicted molar refractivity (Wildman–Crippen MR) is 144 cm³/mol. The van der Waals surface area contributed by atoms with Crippen molar-refractivity contribution in [3.63, 3.8) is 0 Å². The number of ether oxygens (including phenoxy) is 1. The van der Waals surface area contributed by atoms with Crippen molar-refractivity contribution < 1.29 is 4.74 Å². The summed E-state index contributed by atoms with van der Waals surface area (Å²) in [4.78, 5) is 8.95. The maximum atomic E-state index is 5.74. The Morgan fingerprint density at radius 3 is 2.44 bits per heavy atom. The van der Waals surface area contributed by atoms with Crippen molar-refractivity contribution in [3.8, 4) is 0 Å². The van der Waals surface area contributed by atoms with Gasteiger partial charge in [-0.25, -0.2) is 4.98 Å². The number of unbranched alkanes of at least 4 members (excludes halogenated alkanes) is 1. The summed E-state index contributed by atoms with van der Waals surface area (Å²) in [5.41, 5.74) is 3.60. The number of halogens is 1. The van der Waals surface area contributed by atoms with Gasteiger partial charge in [0, 0.05) is 33.3 Å². The second kappa shape index (κ2) is 14.8. The smallest absolute Gasteiger partial charge is 0.190 e. The number of aliphatic imine (C=N–C) groups is 1. The normalized spacial score (nSPS) is 11.4. The zero-order valence-corrected chi connectivity index (χ0v) is 21.5. The van der Waals surface area contributed by atoms with Crippen molar-refractivity contribution >= 4 is 41.0 Å². The van der Waals surface area contributed by atoms with Gasteiger partial charge in [0.05, 0.1) is 17.6 Å². The molecule has 2 N–H and O–H groups in total. The highest BCUT2D eigenvalue weighted by Gasteiger charge is 2.06. The number of hydrogen-bond acceptors (Lipinski definition) is 3. The van der Waals surface area contributed by atoms with E-state index in [0.29, 0.717) is 0 Å². The van der Waals surface area contributed by atoms with E-state index in [-0.39, 0.29) is 24.0 Å². The standard InChI is InChI=1S/C25H35N5O.HI/c1-21-29-23-13-6-7-14-24(23)30(21)18-10-17-28-25(26-2)27-16-8-9-19-31-20-15-22-11-4-3-5-12-22;/h3-7,11-14H,8-10,15-20H2,1-2H3,(H2,26,27,28);1H. The van der Waals surface area contributed by atoms with Gasteiger partial charge in [-0.3, -0.25) is 4.99 Å². The quantitative estimate of drug-likeness (QED) is 0.151. The summed E-state index contributed by atoms with van der Waals surface area (Å²) in [6.45, 7) is 6.36. The van der Waals surface area contributed by atoms with E-state index in [2.05, 4.69) is 74.6 Å². The van der Waals surface area contributed by atoms with E-state index in [1.165, 1.54) is 11.1 Å². The molecule has 1 aromatic heterocycles. The Bertz CT molecular complexity index is 942. The fraction of sp³-hybridized carbons (Fsp3) is 0.440. The van der Waals surface area contributed by atoms with Gasteiger partial charge in [0.1, 0.15) is 5.82 Å². The number of guanidine groups is 1. The fourth-order valence-corrected chi connectivity index (χ4v) is 3.62. The summed E-state index contributed by atoms with van der Waals surface area (Å²) in [6, 6.07) is 18.8. The summed E-state index contributed by atoms with van der Waals surface area (Å²) in [5, 5.41) is 6.79. The molecule has 3 aromatic rings. The van der Waals surface area contributed by atoms with Crippen LogP contribution in [0.2, 0.25) is 0 Å². The number of aryl methyl sites for hydroxylation is 2. The van der Waals surface area contributed by atoms with Gasteiger partial charge < -0.3 is 19.9 Å². The van der Waals surface area contributed by atoms with Crippen molar-refractivity contribution in [2.45, 2.75) is 39.2 Å². The molecule has 7 heteroatoms. The number of imidazole rings is 1. The number of nitrogens with zero attached hydrogens (tertiary/aromatic N) is 3. The van der Waals surface area contributed by atoms with Crippen LogP contribution in [-0.2, 0) is 17.7 Å². The highest BCUT2D eigenvalue weighted by atomic mass is 127. The van der Waals surface area contributed by atoms with Gasteiger partial charge in [-0.1, -0.05) is 42.5 Å². The van der Waals surface area contributed by atoms with Crippen LogP contribution in [-0.4, -0.2) is 48.9 Å². The zero-order valence-electron chi connectivity index (χ0n) is 19.2. The van der Waals surface area contributed by atoms with Gasteiger partial charge in [0.15, 0.2) is 5.96 Å². The SMILES string of the molecule is CN=C(NCCCCOCCc1ccccc1)NCCCn1c(C)nc2ccccc21.I. The maximum Gasteiger partial charge on any atom is 0.190 e. The molecule has 0 radical (unpaired) electrons. The first-order chi connectivity index (χ1) is 15.3. The Kier molecular flexibility index (Phi) is 12.1. The zero-order chi connectivity index (χ0) is 21.7. The van der Waals surface area contributed by atoms with Crippen LogP contribution in [0.15, 0.2) is 59.6 Å². The van der Waals surface area contributed by atoms with E-state index in [4.69, 9.17) is 4.74 Å². The van der Waals surface area contributed by atoms with Crippen LogP contribution in [0, 0.1) is 6.92 Å². The van der Waals surface area contributed by atoms with Gasteiger partial charge in [-0.2, -0.15) is 0 Å². The molecule has 0 saturated carbocycles. The Balaban J connectivity index is 0.00000363. The molecular weight excluding hydrogens is 513 g/mol. The van der Waals surface area contributed by atoms with E-state index in [0.717, 1.165) is 75.8 Å². The van der Waals surface area contributed by atoms with Crippen LogP contribution in [0.1, 0.15) is 30.7 Å². The molecule has 3 rings (SSSR count). The molecule has 0 spiro atoms. The van der Waals surface area contributed by atoms with Crippen molar-refractivity contribution in [2.75, 3.05) is 33.4 Å². The lowest BCUT2D eigenvalue weighted by atomic mass is 10.2. The molecular formula is C25H36IN5O. The highest BCUT2D eigenvalue weighted by molar-refractivity contribution is 14.0. The fourth-order valence-electron chi connectivity index (χ4n) is 3.62. The molecule has 0 aliphatic carbocycles. The van der Waals surface area contributed by atoms with Crippen LogP contribution in [0.25, 0.3) is 11.0 Å². The molecule has 6 nitrogen and oxygen atoms in total. The number of para-hydroxylation sites is 2. The van der Waals surface area contributed by atoms with E-state index in [1.54, 1.807) is 0 Å². The van der Waals surface area contributed by atoms with E-state index < -0.39 is 0 Å². The van der Waals surface area contributed by atoms with Gasteiger partial charge >= 0.3 is 0 Å². The first-order valence-electron chi connectivity index (χ1n) is 11.3. The largest absolute Gasteiger partial charge is 0.381 e. The number of benzene rings is 2. The molecule has 174 valence electrons. The lowest BCUT2D eigenvalue weighted by molar-refractivity contribution is 0.133. The average molecular weight is 550 g/mol. The molecule has 0 amide bonds. The Morgan fingerprint density at radius 1 is 0.938 bits per heavy atom. The number of fused-ring (bicyclic) bond motifs is 1. The lowest BCUT2D eigenvalue weighted by Gasteiger charge is -2.13. The number of hydrogen-bond donors (Lipinski definition) is 2. The van der Waals surface area contributed by atoms with E-state index in [9.17, 15) is 0 Å².